The summed E-state index contributed by atoms with van der Waals surface area (Å²) >= 11 is 0. The molecule has 2 heterocycles. The fraction of sp³-hybridized carbons (Fsp3) is 0.579. The number of nitro groups is 1. The Balaban J connectivity index is 1.49. The molecule has 3 aliphatic rings. The van der Waals surface area contributed by atoms with Crippen LogP contribution < -0.4 is 0 Å². The number of nitrogens with zero attached hydrogens (tertiary/aromatic N) is 1. The lowest BCUT2D eigenvalue weighted by molar-refractivity contribution is -0.461. The summed E-state index contributed by atoms with van der Waals surface area (Å²) < 4.78 is 23.5. The smallest absolute Gasteiger partial charge is 0.300 e. The van der Waals surface area contributed by atoms with Gasteiger partial charge in [-0.3, -0.25) is 10.1 Å². The Morgan fingerprint density at radius 3 is 2.58 bits per heavy atom. The summed E-state index contributed by atoms with van der Waals surface area (Å²) in [6, 6.07) is 9.52. The molecule has 2 fully saturated rings. The van der Waals surface area contributed by atoms with Crippen LogP contribution in [0.25, 0.3) is 0 Å². The summed E-state index contributed by atoms with van der Waals surface area (Å²) in [5, 5.41) is 11.5. The van der Waals surface area contributed by atoms with Gasteiger partial charge in [-0.25, -0.2) is 0 Å². The quantitative estimate of drug-likeness (QED) is 0.604. The molecule has 7 heteroatoms. The largest absolute Gasteiger partial charge is 0.346 e. The minimum Gasteiger partial charge on any atom is -0.346 e. The molecule has 4 rings (SSSR count). The highest BCUT2D eigenvalue weighted by atomic mass is 16.7. The third-order valence-corrected chi connectivity index (χ3v) is 5.08. The molecule has 0 spiro atoms. The Kier molecular flexibility index (Phi) is 5.31. The molecule has 1 aromatic carbocycles. The Bertz CT molecular complexity index is 657. The standard InChI is InChI=1S/C19H23NO6/c21-20(22)15-11-16-17(26-19(15)24-14-9-5-2-6-10-14)12-23-18(25-16)13-7-3-1-4-8-13/h1,3-4,7-8,11,14,16-19H,2,5-6,9-10,12H2/t16-,17+,18+,19+/m0/s1. The van der Waals surface area contributed by atoms with Crippen molar-refractivity contribution in [3.63, 3.8) is 0 Å². The van der Waals surface area contributed by atoms with Gasteiger partial charge in [0.05, 0.1) is 17.6 Å². The average Bonchev–Trinajstić information content (AvgIpc) is 2.68. The zero-order valence-electron chi connectivity index (χ0n) is 14.5. The lowest BCUT2D eigenvalue weighted by Crippen LogP contribution is -2.49. The van der Waals surface area contributed by atoms with Crippen molar-refractivity contribution >= 4 is 0 Å². The van der Waals surface area contributed by atoms with Crippen LogP contribution in [-0.4, -0.2) is 36.1 Å². The third-order valence-electron chi connectivity index (χ3n) is 5.08. The van der Waals surface area contributed by atoms with Gasteiger partial charge in [-0.05, 0) is 12.8 Å². The van der Waals surface area contributed by atoms with E-state index >= 15 is 0 Å². The van der Waals surface area contributed by atoms with Gasteiger partial charge >= 0.3 is 5.70 Å². The van der Waals surface area contributed by atoms with Crippen LogP contribution >= 0.6 is 0 Å². The molecule has 1 aliphatic carbocycles. The highest BCUT2D eigenvalue weighted by molar-refractivity contribution is 5.17. The third kappa shape index (κ3) is 3.81. The van der Waals surface area contributed by atoms with E-state index in [4.69, 9.17) is 18.9 Å². The second-order valence-corrected chi connectivity index (χ2v) is 6.93. The second kappa shape index (κ2) is 7.84. The first-order valence-corrected chi connectivity index (χ1v) is 9.20. The maximum atomic E-state index is 11.5. The Hall–Kier alpha value is -1.80. The molecule has 1 saturated carbocycles. The van der Waals surface area contributed by atoms with Gasteiger partial charge in [0.15, 0.2) is 6.29 Å². The fourth-order valence-electron chi connectivity index (χ4n) is 3.70. The van der Waals surface area contributed by atoms with Crippen LogP contribution in [0, 0.1) is 10.1 Å². The van der Waals surface area contributed by atoms with Crippen molar-refractivity contribution in [2.75, 3.05) is 6.61 Å². The van der Waals surface area contributed by atoms with Crippen LogP contribution in [0.2, 0.25) is 0 Å². The van der Waals surface area contributed by atoms with Gasteiger partial charge in [0.1, 0.15) is 12.2 Å². The van der Waals surface area contributed by atoms with Gasteiger partial charge < -0.3 is 18.9 Å². The highest BCUT2D eigenvalue weighted by Crippen LogP contribution is 2.34. The van der Waals surface area contributed by atoms with Crippen LogP contribution in [0.5, 0.6) is 0 Å². The van der Waals surface area contributed by atoms with Gasteiger partial charge in [0.2, 0.25) is 0 Å². The summed E-state index contributed by atoms with van der Waals surface area (Å²) in [4.78, 5) is 11.1. The number of rotatable bonds is 4. The summed E-state index contributed by atoms with van der Waals surface area (Å²) in [6.07, 6.45) is 4.29. The predicted octanol–water partition coefficient (Wildman–Crippen LogP) is 3.34. The predicted molar refractivity (Wildman–Crippen MR) is 91.7 cm³/mol. The minimum absolute atomic E-state index is 0.0103. The molecule has 0 bridgehead atoms. The van der Waals surface area contributed by atoms with E-state index in [2.05, 4.69) is 0 Å². The molecular weight excluding hydrogens is 338 g/mol. The zero-order chi connectivity index (χ0) is 17.9. The van der Waals surface area contributed by atoms with Gasteiger partial charge in [-0.2, -0.15) is 0 Å². The first kappa shape index (κ1) is 17.6. The Morgan fingerprint density at radius 2 is 1.85 bits per heavy atom. The van der Waals surface area contributed by atoms with E-state index in [1.165, 1.54) is 12.5 Å². The first-order valence-electron chi connectivity index (χ1n) is 9.20. The van der Waals surface area contributed by atoms with Crippen LogP contribution in [0.15, 0.2) is 42.1 Å². The number of hydrogen-bond acceptors (Lipinski definition) is 6. The molecule has 0 radical (unpaired) electrons. The second-order valence-electron chi connectivity index (χ2n) is 6.93. The van der Waals surface area contributed by atoms with E-state index in [9.17, 15) is 10.1 Å². The Labute approximate surface area is 152 Å². The van der Waals surface area contributed by atoms with E-state index in [1.54, 1.807) is 0 Å². The van der Waals surface area contributed by atoms with Gasteiger partial charge in [0.25, 0.3) is 6.29 Å². The highest BCUT2D eigenvalue weighted by Gasteiger charge is 2.44. The average molecular weight is 361 g/mol. The summed E-state index contributed by atoms with van der Waals surface area (Å²) in [5.41, 5.74) is 0.799. The van der Waals surface area contributed by atoms with E-state index in [1.807, 2.05) is 30.3 Å². The maximum Gasteiger partial charge on any atom is 0.300 e. The normalized spacial score (nSPS) is 32.5. The van der Waals surface area contributed by atoms with E-state index < -0.39 is 29.7 Å². The van der Waals surface area contributed by atoms with Crippen molar-refractivity contribution in [3.05, 3.63) is 57.8 Å². The van der Waals surface area contributed by atoms with Crippen LogP contribution in [-0.2, 0) is 18.9 Å². The summed E-state index contributed by atoms with van der Waals surface area (Å²) in [6.45, 7) is 0.302. The van der Waals surface area contributed by atoms with Crippen molar-refractivity contribution in [3.8, 4) is 0 Å². The van der Waals surface area contributed by atoms with Crippen molar-refractivity contribution in [2.45, 2.75) is 63.0 Å². The summed E-state index contributed by atoms with van der Waals surface area (Å²) in [5.74, 6) is 0. The number of hydrogen-bond donors (Lipinski definition) is 0. The molecule has 26 heavy (non-hydrogen) atoms. The number of benzene rings is 1. The van der Waals surface area contributed by atoms with Gasteiger partial charge in [-0.15, -0.1) is 0 Å². The van der Waals surface area contributed by atoms with Crippen molar-refractivity contribution in [1.29, 1.82) is 0 Å². The fourth-order valence-corrected chi connectivity index (χ4v) is 3.70. The maximum absolute atomic E-state index is 11.5. The molecule has 0 amide bonds. The van der Waals surface area contributed by atoms with E-state index in [-0.39, 0.29) is 11.8 Å². The monoisotopic (exact) mass is 361 g/mol. The molecule has 0 aromatic heterocycles. The molecular formula is C19H23NO6. The molecule has 0 N–H and O–H groups in total. The topological polar surface area (TPSA) is 80.1 Å². The molecule has 0 unspecified atom stereocenters. The number of ether oxygens (including phenoxy) is 4. The van der Waals surface area contributed by atoms with Crippen LogP contribution in [0.4, 0.5) is 0 Å². The molecule has 140 valence electrons. The van der Waals surface area contributed by atoms with Crippen LogP contribution in [0.3, 0.4) is 0 Å². The molecule has 4 atom stereocenters. The van der Waals surface area contributed by atoms with E-state index in [0.717, 1.165) is 31.2 Å². The Morgan fingerprint density at radius 1 is 1.08 bits per heavy atom. The van der Waals surface area contributed by atoms with Crippen molar-refractivity contribution < 1.29 is 23.9 Å². The lowest BCUT2D eigenvalue weighted by atomic mass is 9.97. The molecule has 1 aromatic rings. The van der Waals surface area contributed by atoms with Crippen molar-refractivity contribution in [2.24, 2.45) is 0 Å². The van der Waals surface area contributed by atoms with Crippen molar-refractivity contribution in [1.82, 2.24) is 0 Å². The molecule has 7 nitrogen and oxygen atoms in total. The van der Waals surface area contributed by atoms with Gasteiger partial charge in [-0.1, -0.05) is 49.6 Å². The van der Waals surface area contributed by atoms with Gasteiger partial charge in [0, 0.05) is 11.6 Å². The lowest BCUT2D eigenvalue weighted by Gasteiger charge is -2.39. The molecule has 2 aliphatic heterocycles. The molecule has 1 saturated heterocycles. The first-order chi connectivity index (χ1) is 12.7. The van der Waals surface area contributed by atoms with E-state index in [0.29, 0.717) is 6.61 Å². The van der Waals surface area contributed by atoms with Crippen LogP contribution in [0.1, 0.15) is 44.0 Å². The SMILES string of the molecule is O=[N+]([O-])C1=C[C@@H]2O[C@H](c3ccccc3)OC[C@H]2O[C@H]1OC1CCCCC1. The summed E-state index contributed by atoms with van der Waals surface area (Å²) in [7, 11) is 0. The zero-order valence-corrected chi connectivity index (χ0v) is 14.5. The minimum atomic E-state index is -0.963. The number of fused-ring (bicyclic) bond motifs is 1.